The van der Waals surface area contributed by atoms with Crippen LogP contribution in [0.2, 0.25) is 0 Å². The average molecular weight is 415 g/mol. The van der Waals surface area contributed by atoms with E-state index in [1.807, 2.05) is 18.2 Å². The minimum absolute atomic E-state index is 0.0689. The fraction of sp³-hybridized carbons (Fsp3) is 0.217. The summed E-state index contributed by atoms with van der Waals surface area (Å²) >= 11 is 0. The highest BCUT2D eigenvalue weighted by atomic mass is 16.5. The van der Waals surface area contributed by atoms with Crippen LogP contribution >= 0.6 is 0 Å². The highest BCUT2D eigenvalue weighted by Gasteiger charge is 2.41. The zero-order chi connectivity index (χ0) is 22.0. The number of carbonyl (C=O) groups excluding carboxylic acids is 2. The van der Waals surface area contributed by atoms with Crippen LogP contribution in [0.25, 0.3) is 0 Å². The van der Waals surface area contributed by atoms with Gasteiger partial charge in [-0.25, -0.2) is 5.01 Å². The van der Waals surface area contributed by atoms with E-state index in [9.17, 15) is 14.9 Å². The van der Waals surface area contributed by atoms with Gasteiger partial charge in [-0.3, -0.25) is 20.0 Å². The molecule has 1 amide bonds. The molecule has 0 bridgehead atoms. The van der Waals surface area contributed by atoms with Gasteiger partial charge in [0.25, 0.3) is 5.91 Å². The van der Waals surface area contributed by atoms with E-state index in [2.05, 4.69) is 16.5 Å². The molecule has 4 rings (SSSR count). The van der Waals surface area contributed by atoms with Gasteiger partial charge in [0.2, 0.25) is 0 Å². The largest absolute Gasteiger partial charge is 0.496 e. The Balaban J connectivity index is 1.85. The third kappa shape index (κ3) is 3.51. The molecule has 1 atom stereocenters. The van der Waals surface area contributed by atoms with E-state index in [-0.39, 0.29) is 17.2 Å². The molecule has 1 unspecified atom stereocenters. The maximum Gasteiger partial charge on any atom is 0.270 e. The molecule has 156 valence electrons. The number of nitrogens with one attached hydrogen (secondary N) is 1. The van der Waals surface area contributed by atoms with Crippen LogP contribution in [0.1, 0.15) is 41.1 Å². The molecular formula is C23H21N5O3. The van der Waals surface area contributed by atoms with E-state index in [1.165, 1.54) is 17.4 Å². The Bertz CT molecular complexity index is 1150. The van der Waals surface area contributed by atoms with E-state index in [0.29, 0.717) is 47.4 Å². The minimum atomic E-state index is -0.655. The Kier molecular flexibility index (Phi) is 5.41. The lowest BCUT2D eigenvalue weighted by Gasteiger charge is -2.39. The van der Waals surface area contributed by atoms with Crippen molar-refractivity contribution < 1.29 is 14.3 Å². The molecule has 3 N–H and O–H groups in total. The number of nitriles is 1. The number of ether oxygens (including phenoxy) is 1. The molecule has 0 radical (unpaired) electrons. The number of rotatable bonds is 4. The lowest BCUT2D eigenvalue weighted by molar-refractivity contribution is -0.116. The Morgan fingerprint density at radius 3 is 2.71 bits per heavy atom. The number of aromatic nitrogens is 1. The Morgan fingerprint density at radius 1 is 1.26 bits per heavy atom. The molecule has 2 aromatic rings. The number of pyridine rings is 1. The van der Waals surface area contributed by atoms with Crippen LogP contribution < -0.4 is 15.9 Å². The number of nitrogens with two attached hydrogens (primary N) is 1. The molecular weight excluding hydrogens is 394 g/mol. The summed E-state index contributed by atoms with van der Waals surface area (Å²) in [5, 5.41) is 11.4. The summed E-state index contributed by atoms with van der Waals surface area (Å²) < 4.78 is 5.49. The van der Waals surface area contributed by atoms with Crippen molar-refractivity contribution in [2.75, 3.05) is 7.11 Å². The zero-order valence-corrected chi connectivity index (χ0v) is 17.0. The molecule has 2 heterocycles. The van der Waals surface area contributed by atoms with Gasteiger partial charge in [-0.15, -0.1) is 0 Å². The van der Waals surface area contributed by atoms with Gasteiger partial charge < -0.3 is 10.5 Å². The molecule has 8 heteroatoms. The first-order valence-electron chi connectivity index (χ1n) is 9.86. The van der Waals surface area contributed by atoms with Crippen molar-refractivity contribution in [1.29, 1.82) is 5.26 Å². The third-order valence-electron chi connectivity index (χ3n) is 5.52. The molecule has 8 nitrogen and oxygen atoms in total. The van der Waals surface area contributed by atoms with Crippen LogP contribution in [0.3, 0.4) is 0 Å². The molecule has 1 aromatic heterocycles. The number of amides is 1. The Labute approximate surface area is 179 Å². The second-order valence-corrected chi connectivity index (χ2v) is 7.24. The van der Waals surface area contributed by atoms with E-state index in [1.54, 1.807) is 25.3 Å². The van der Waals surface area contributed by atoms with Crippen LogP contribution in [0.5, 0.6) is 5.75 Å². The average Bonchev–Trinajstić information content (AvgIpc) is 2.81. The quantitative estimate of drug-likeness (QED) is 0.787. The van der Waals surface area contributed by atoms with Crippen molar-refractivity contribution in [3.63, 3.8) is 0 Å². The summed E-state index contributed by atoms with van der Waals surface area (Å²) in [5.74, 6) is -0.483. The van der Waals surface area contributed by atoms with Crippen molar-refractivity contribution in [2.24, 2.45) is 5.73 Å². The van der Waals surface area contributed by atoms with Gasteiger partial charge in [0.05, 0.1) is 24.7 Å². The van der Waals surface area contributed by atoms with E-state index >= 15 is 0 Å². The number of hydrogen-bond acceptors (Lipinski definition) is 7. The molecule has 0 fully saturated rings. The zero-order valence-electron chi connectivity index (χ0n) is 17.0. The summed E-state index contributed by atoms with van der Waals surface area (Å²) in [7, 11) is 1.54. The second-order valence-electron chi connectivity index (χ2n) is 7.24. The number of para-hydroxylation sites is 1. The number of nitrogens with zero attached hydrogens (tertiary/aromatic N) is 3. The lowest BCUT2D eigenvalue weighted by atomic mass is 9.76. The fourth-order valence-electron chi connectivity index (χ4n) is 4.10. The van der Waals surface area contributed by atoms with Crippen LogP contribution in [-0.4, -0.2) is 28.8 Å². The van der Waals surface area contributed by atoms with Crippen LogP contribution in [0, 0.1) is 11.3 Å². The predicted octanol–water partition coefficient (Wildman–Crippen LogP) is 2.54. The molecule has 1 aromatic carbocycles. The molecule has 0 saturated carbocycles. The summed E-state index contributed by atoms with van der Waals surface area (Å²) in [6.07, 6.45) is 4.57. The molecule has 0 spiro atoms. The highest BCUT2D eigenvalue weighted by Crippen LogP contribution is 2.46. The van der Waals surface area contributed by atoms with Crippen LogP contribution in [0.15, 0.2) is 71.5 Å². The molecule has 1 aliphatic heterocycles. The Morgan fingerprint density at radius 2 is 2.00 bits per heavy atom. The number of benzene rings is 1. The van der Waals surface area contributed by atoms with Gasteiger partial charge in [-0.05, 0) is 31.0 Å². The maximum atomic E-state index is 13.1. The Hall–Kier alpha value is -4.12. The SMILES string of the molecule is COc1ccccc1C1C(C#N)=C(N)N(NC(=O)c2ccncc2)C2=C1C(=O)CCC2. The first-order chi connectivity index (χ1) is 15.1. The monoisotopic (exact) mass is 415 g/mol. The van der Waals surface area contributed by atoms with Gasteiger partial charge in [0.1, 0.15) is 11.6 Å². The van der Waals surface area contributed by atoms with Crippen molar-refractivity contribution >= 4 is 11.7 Å². The van der Waals surface area contributed by atoms with E-state index in [0.717, 1.165) is 0 Å². The number of ketones is 1. The lowest BCUT2D eigenvalue weighted by Crippen LogP contribution is -2.48. The number of allylic oxidation sites excluding steroid dienone is 3. The molecule has 31 heavy (non-hydrogen) atoms. The normalized spacial score (nSPS) is 18.4. The summed E-state index contributed by atoms with van der Waals surface area (Å²) in [4.78, 5) is 29.8. The summed E-state index contributed by atoms with van der Waals surface area (Å²) in [6, 6.07) is 12.6. The number of Topliss-reactive ketones (excluding diaryl/α,β-unsaturated/α-hetero) is 1. The standard InChI is InChI=1S/C23H21N5O3/c1-31-19-8-3-2-5-15(19)20-16(13-24)22(25)28(17-6-4-7-18(29)21(17)20)27-23(30)14-9-11-26-12-10-14/h2-3,5,8-12,20H,4,6-7,25H2,1H3,(H,27,30). The number of methoxy groups -OCH3 is 1. The maximum absolute atomic E-state index is 13.1. The first-order valence-corrected chi connectivity index (χ1v) is 9.86. The third-order valence-corrected chi connectivity index (χ3v) is 5.52. The molecule has 2 aliphatic rings. The van der Waals surface area contributed by atoms with Crippen LogP contribution in [-0.2, 0) is 4.79 Å². The summed E-state index contributed by atoms with van der Waals surface area (Å²) in [5.41, 5.74) is 11.5. The minimum Gasteiger partial charge on any atom is -0.496 e. The topological polar surface area (TPSA) is 121 Å². The molecule has 0 saturated heterocycles. The van der Waals surface area contributed by atoms with Crippen molar-refractivity contribution in [2.45, 2.75) is 25.2 Å². The van der Waals surface area contributed by atoms with E-state index < -0.39 is 11.8 Å². The van der Waals surface area contributed by atoms with Gasteiger partial charge in [-0.1, -0.05) is 18.2 Å². The summed E-state index contributed by atoms with van der Waals surface area (Å²) in [6.45, 7) is 0. The molecule has 1 aliphatic carbocycles. The second kappa shape index (κ2) is 8.32. The van der Waals surface area contributed by atoms with Crippen molar-refractivity contribution in [3.05, 3.63) is 82.6 Å². The predicted molar refractivity (Wildman–Crippen MR) is 112 cm³/mol. The number of hydrazine groups is 1. The van der Waals surface area contributed by atoms with Gasteiger partial charge in [0, 0.05) is 41.2 Å². The number of hydrogen-bond donors (Lipinski definition) is 2. The van der Waals surface area contributed by atoms with Gasteiger partial charge in [0.15, 0.2) is 5.78 Å². The van der Waals surface area contributed by atoms with E-state index in [4.69, 9.17) is 10.5 Å². The van der Waals surface area contributed by atoms with Gasteiger partial charge >= 0.3 is 0 Å². The smallest absolute Gasteiger partial charge is 0.270 e. The van der Waals surface area contributed by atoms with Crippen molar-refractivity contribution in [3.8, 4) is 11.8 Å². The first kappa shape index (κ1) is 20.2. The fourth-order valence-corrected chi connectivity index (χ4v) is 4.10. The number of carbonyl (C=O) groups is 2. The van der Waals surface area contributed by atoms with Crippen LogP contribution in [0.4, 0.5) is 0 Å². The van der Waals surface area contributed by atoms with Gasteiger partial charge in [-0.2, -0.15) is 5.26 Å². The highest BCUT2D eigenvalue weighted by molar-refractivity contribution is 6.00. The van der Waals surface area contributed by atoms with Crippen molar-refractivity contribution in [1.82, 2.24) is 15.4 Å².